The Bertz CT molecular complexity index is 1060. The topological polar surface area (TPSA) is 61.9 Å². The molecule has 3 aromatic rings. The van der Waals surface area contributed by atoms with Crippen LogP contribution in [0.15, 0.2) is 66.7 Å². The Hall–Kier alpha value is -3.54. The minimum absolute atomic E-state index is 0.00478. The van der Waals surface area contributed by atoms with E-state index in [9.17, 15) is 9.59 Å². The zero-order valence-electron chi connectivity index (χ0n) is 17.0. The number of carbonyl (C=O) groups excluding carboxylic acids is 2. The Labute approximate surface area is 176 Å². The second kappa shape index (κ2) is 8.86. The molecule has 0 aromatic heterocycles. The first-order chi connectivity index (χ1) is 14.6. The van der Waals surface area contributed by atoms with Gasteiger partial charge >= 0.3 is 0 Å². The van der Waals surface area contributed by atoms with Crippen molar-refractivity contribution in [2.75, 3.05) is 44.7 Å². The molecule has 0 spiro atoms. The lowest BCUT2D eigenvalue weighted by molar-refractivity contribution is -0.130. The van der Waals surface area contributed by atoms with Gasteiger partial charge in [0, 0.05) is 43.5 Å². The van der Waals surface area contributed by atoms with E-state index in [1.165, 1.54) is 0 Å². The second-order valence-corrected chi connectivity index (χ2v) is 7.31. The average Bonchev–Trinajstić information content (AvgIpc) is 2.82. The molecule has 0 radical (unpaired) electrons. The van der Waals surface area contributed by atoms with Crippen molar-refractivity contribution in [2.45, 2.75) is 0 Å². The van der Waals surface area contributed by atoms with E-state index in [2.05, 4.69) is 10.2 Å². The third-order valence-electron chi connectivity index (χ3n) is 5.46. The Kier molecular flexibility index (Phi) is 5.84. The molecule has 6 nitrogen and oxygen atoms in total. The number of anilines is 1. The molecule has 1 saturated heterocycles. The van der Waals surface area contributed by atoms with Gasteiger partial charge < -0.3 is 19.9 Å². The third kappa shape index (κ3) is 4.38. The van der Waals surface area contributed by atoms with Crippen LogP contribution in [0.4, 0.5) is 5.69 Å². The molecule has 0 aliphatic carbocycles. The number of ether oxygens (including phenoxy) is 1. The van der Waals surface area contributed by atoms with Gasteiger partial charge in [0.15, 0.2) is 0 Å². The number of hydrogen-bond acceptors (Lipinski definition) is 4. The van der Waals surface area contributed by atoms with Crippen molar-refractivity contribution in [1.29, 1.82) is 0 Å². The van der Waals surface area contributed by atoms with Crippen LogP contribution in [0, 0.1) is 0 Å². The van der Waals surface area contributed by atoms with Gasteiger partial charge in [0.1, 0.15) is 5.75 Å². The molecule has 2 amide bonds. The third-order valence-corrected chi connectivity index (χ3v) is 5.46. The number of benzene rings is 3. The van der Waals surface area contributed by atoms with Gasteiger partial charge in [-0.15, -0.1) is 0 Å². The highest BCUT2D eigenvalue weighted by atomic mass is 16.5. The molecule has 30 heavy (non-hydrogen) atoms. The van der Waals surface area contributed by atoms with Crippen molar-refractivity contribution in [2.24, 2.45) is 0 Å². The highest BCUT2D eigenvalue weighted by molar-refractivity contribution is 6.00. The lowest BCUT2D eigenvalue weighted by Gasteiger charge is -2.36. The van der Waals surface area contributed by atoms with E-state index in [1.54, 1.807) is 18.1 Å². The van der Waals surface area contributed by atoms with Crippen LogP contribution in [0.1, 0.15) is 10.4 Å². The van der Waals surface area contributed by atoms with Crippen LogP contribution >= 0.6 is 0 Å². The van der Waals surface area contributed by atoms with E-state index < -0.39 is 0 Å². The smallest absolute Gasteiger partial charge is 0.251 e. The Morgan fingerprint density at radius 2 is 1.67 bits per heavy atom. The van der Waals surface area contributed by atoms with Gasteiger partial charge in [-0.25, -0.2) is 0 Å². The summed E-state index contributed by atoms with van der Waals surface area (Å²) in [4.78, 5) is 29.1. The number of piperazine rings is 1. The molecule has 0 bridgehead atoms. The van der Waals surface area contributed by atoms with Crippen LogP contribution in [0.25, 0.3) is 10.8 Å². The summed E-state index contributed by atoms with van der Waals surface area (Å²) in [5, 5.41) is 4.85. The molecular weight excluding hydrogens is 378 g/mol. The summed E-state index contributed by atoms with van der Waals surface area (Å²) in [6.07, 6.45) is 0. The van der Waals surface area contributed by atoms with Gasteiger partial charge in [-0.2, -0.15) is 0 Å². The van der Waals surface area contributed by atoms with E-state index >= 15 is 0 Å². The van der Waals surface area contributed by atoms with Crippen molar-refractivity contribution in [3.05, 3.63) is 72.3 Å². The average molecular weight is 403 g/mol. The molecule has 1 N–H and O–H groups in total. The molecular formula is C24H25N3O3. The lowest BCUT2D eigenvalue weighted by atomic mass is 10.1. The minimum Gasteiger partial charge on any atom is -0.497 e. The highest BCUT2D eigenvalue weighted by Gasteiger charge is 2.22. The fraction of sp³-hybridized carbons (Fsp3) is 0.250. The van der Waals surface area contributed by atoms with Gasteiger partial charge in [0.2, 0.25) is 5.91 Å². The van der Waals surface area contributed by atoms with E-state index in [0.717, 1.165) is 35.3 Å². The number of nitrogens with one attached hydrogen (secondary N) is 1. The Morgan fingerprint density at radius 1 is 0.900 bits per heavy atom. The molecule has 1 aliphatic heterocycles. The summed E-state index contributed by atoms with van der Waals surface area (Å²) in [5.74, 6) is 0.529. The van der Waals surface area contributed by atoms with Gasteiger partial charge in [0.05, 0.1) is 13.7 Å². The maximum Gasteiger partial charge on any atom is 0.251 e. The van der Waals surface area contributed by atoms with E-state index in [0.29, 0.717) is 18.7 Å². The first-order valence-electron chi connectivity index (χ1n) is 10.1. The standard InChI is InChI=1S/C24H25N3O3/c1-30-22-8-4-7-21(16-22)26-11-13-27(14-12-26)23(28)17-25-24(29)20-10-9-18-5-2-3-6-19(18)15-20/h2-10,15-16H,11-14,17H2,1H3,(H,25,29). The monoisotopic (exact) mass is 403 g/mol. The van der Waals surface area contributed by atoms with Crippen molar-refractivity contribution in [3.8, 4) is 5.75 Å². The molecule has 154 valence electrons. The van der Waals surface area contributed by atoms with Gasteiger partial charge in [-0.3, -0.25) is 9.59 Å². The van der Waals surface area contributed by atoms with Gasteiger partial charge in [-0.05, 0) is 35.0 Å². The fourth-order valence-corrected chi connectivity index (χ4v) is 3.72. The summed E-state index contributed by atoms with van der Waals surface area (Å²) in [6.45, 7) is 2.75. The quantitative estimate of drug-likeness (QED) is 0.712. The second-order valence-electron chi connectivity index (χ2n) is 7.31. The zero-order valence-corrected chi connectivity index (χ0v) is 17.0. The predicted octanol–water partition coefficient (Wildman–Crippen LogP) is 2.93. The maximum absolute atomic E-state index is 12.6. The summed E-state index contributed by atoms with van der Waals surface area (Å²) >= 11 is 0. The first kappa shape index (κ1) is 19.8. The largest absolute Gasteiger partial charge is 0.497 e. The first-order valence-corrected chi connectivity index (χ1v) is 10.1. The van der Waals surface area contributed by atoms with E-state index in [4.69, 9.17) is 4.74 Å². The Morgan fingerprint density at radius 3 is 2.43 bits per heavy atom. The van der Waals surface area contributed by atoms with E-state index in [-0.39, 0.29) is 18.4 Å². The molecule has 4 rings (SSSR count). The SMILES string of the molecule is COc1cccc(N2CCN(C(=O)CNC(=O)c3ccc4ccccc4c3)CC2)c1. The highest BCUT2D eigenvalue weighted by Crippen LogP contribution is 2.22. The van der Waals surface area contributed by atoms with Crippen LogP contribution in [0.3, 0.4) is 0 Å². The van der Waals surface area contributed by atoms with Crippen LogP contribution < -0.4 is 15.0 Å². The van der Waals surface area contributed by atoms with Crippen molar-refractivity contribution in [1.82, 2.24) is 10.2 Å². The van der Waals surface area contributed by atoms with Crippen LogP contribution in [0.5, 0.6) is 5.75 Å². The number of rotatable bonds is 5. The molecule has 0 unspecified atom stereocenters. The summed E-state index contributed by atoms with van der Waals surface area (Å²) in [6, 6.07) is 21.4. The van der Waals surface area contributed by atoms with Crippen LogP contribution in [-0.2, 0) is 4.79 Å². The number of methoxy groups -OCH3 is 1. The summed E-state index contributed by atoms with van der Waals surface area (Å²) in [7, 11) is 1.65. The van der Waals surface area contributed by atoms with Crippen molar-refractivity contribution in [3.63, 3.8) is 0 Å². The van der Waals surface area contributed by atoms with Gasteiger partial charge in [0.25, 0.3) is 5.91 Å². The fourth-order valence-electron chi connectivity index (χ4n) is 3.72. The van der Waals surface area contributed by atoms with Crippen LogP contribution in [0.2, 0.25) is 0 Å². The van der Waals surface area contributed by atoms with Gasteiger partial charge in [-0.1, -0.05) is 36.4 Å². The molecule has 1 heterocycles. The molecule has 0 saturated carbocycles. The van der Waals surface area contributed by atoms with Crippen molar-refractivity contribution < 1.29 is 14.3 Å². The summed E-state index contributed by atoms with van der Waals surface area (Å²) in [5.41, 5.74) is 1.65. The number of nitrogens with zero attached hydrogens (tertiary/aromatic N) is 2. The minimum atomic E-state index is -0.232. The number of hydrogen-bond donors (Lipinski definition) is 1. The maximum atomic E-state index is 12.6. The number of amides is 2. The molecule has 1 aliphatic rings. The predicted molar refractivity (Wildman–Crippen MR) is 118 cm³/mol. The van der Waals surface area contributed by atoms with Crippen LogP contribution in [-0.4, -0.2) is 56.5 Å². The molecule has 1 fully saturated rings. The van der Waals surface area contributed by atoms with Crippen molar-refractivity contribution >= 4 is 28.3 Å². The number of fused-ring (bicyclic) bond motifs is 1. The lowest BCUT2D eigenvalue weighted by Crippen LogP contribution is -2.51. The summed E-state index contributed by atoms with van der Waals surface area (Å²) < 4.78 is 5.29. The van der Waals surface area contributed by atoms with E-state index in [1.807, 2.05) is 60.7 Å². The zero-order chi connectivity index (χ0) is 20.9. The molecule has 3 aromatic carbocycles. The Balaban J connectivity index is 1.29. The molecule has 0 atom stereocenters. The normalized spacial score (nSPS) is 13.9. The molecule has 6 heteroatoms. The number of carbonyl (C=O) groups is 2.